The summed E-state index contributed by atoms with van der Waals surface area (Å²) in [5, 5.41) is 2.58. The molecule has 0 atom stereocenters. The second-order valence-electron chi connectivity index (χ2n) is 5.26. The molecule has 5 nitrogen and oxygen atoms in total. The molecule has 0 unspecified atom stereocenters. The summed E-state index contributed by atoms with van der Waals surface area (Å²) >= 11 is 0. The zero-order valence-electron chi connectivity index (χ0n) is 13.5. The van der Waals surface area contributed by atoms with E-state index in [1.54, 1.807) is 6.07 Å². The Morgan fingerprint density at radius 1 is 1.20 bits per heavy atom. The molecule has 0 spiro atoms. The monoisotopic (exact) mass is 354 g/mol. The lowest BCUT2D eigenvalue weighted by Gasteiger charge is -2.11. The molecule has 1 aromatic heterocycles. The number of aromatic nitrogens is 1. The summed E-state index contributed by atoms with van der Waals surface area (Å²) in [6, 6.07) is 9.08. The van der Waals surface area contributed by atoms with Crippen LogP contribution in [0.2, 0.25) is 0 Å². The van der Waals surface area contributed by atoms with Gasteiger partial charge in [-0.05, 0) is 30.2 Å². The number of benzene rings is 1. The van der Waals surface area contributed by atoms with E-state index in [4.69, 9.17) is 4.74 Å². The Hall–Kier alpha value is -2.77. The fraction of sp³-hybridized carbons (Fsp3) is 0.294. The van der Waals surface area contributed by atoms with Crippen molar-refractivity contribution in [1.29, 1.82) is 0 Å². The Balaban J connectivity index is 1.96. The molecule has 1 aromatic carbocycles. The smallest absolute Gasteiger partial charge is 0.421 e. The van der Waals surface area contributed by atoms with Crippen LogP contribution in [0.3, 0.4) is 0 Å². The van der Waals surface area contributed by atoms with Crippen molar-refractivity contribution in [2.24, 2.45) is 0 Å². The van der Waals surface area contributed by atoms with E-state index in [9.17, 15) is 22.8 Å². The van der Waals surface area contributed by atoms with Gasteiger partial charge < -0.3 is 14.6 Å². The third-order valence-corrected chi connectivity index (χ3v) is 3.55. The van der Waals surface area contributed by atoms with E-state index in [1.165, 1.54) is 7.11 Å². The Kier molecular flexibility index (Phi) is 5.84. The van der Waals surface area contributed by atoms with Crippen LogP contribution >= 0.6 is 0 Å². The van der Waals surface area contributed by atoms with Gasteiger partial charge in [0.05, 0.1) is 7.11 Å². The molecule has 0 aliphatic heterocycles. The van der Waals surface area contributed by atoms with E-state index in [0.717, 1.165) is 22.4 Å². The number of ether oxygens (including phenoxy) is 1. The average Bonchev–Trinajstić information content (AvgIpc) is 2.56. The van der Waals surface area contributed by atoms with Crippen molar-refractivity contribution in [3.05, 3.63) is 64.1 Å². The SMILES string of the molecule is COc1ccccc1CCNC(=O)Cn1cccc(C(F)(F)F)c1=O. The molecule has 0 saturated carbocycles. The van der Waals surface area contributed by atoms with Crippen molar-refractivity contribution < 1.29 is 22.7 Å². The van der Waals surface area contributed by atoms with Crippen LogP contribution in [-0.4, -0.2) is 24.1 Å². The highest BCUT2D eigenvalue weighted by Crippen LogP contribution is 2.25. The van der Waals surface area contributed by atoms with Crippen molar-refractivity contribution in [2.45, 2.75) is 19.1 Å². The first kappa shape index (κ1) is 18.6. The first-order chi connectivity index (χ1) is 11.8. The number of carbonyl (C=O) groups is 1. The number of alkyl halides is 3. The maximum atomic E-state index is 12.7. The van der Waals surface area contributed by atoms with Crippen molar-refractivity contribution in [1.82, 2.24) is 9.88 Å². The molecule has 25 heavy (non-hydrogen) atoms. The van der Waals surface area contributed by atoms with Gasteiger partial charge in [0.25, 0.3) is 5.56 Å². The van der Waals surface area contributed by atoms with Crippen LogP contribution in [0.5, 0.6) is 5.75 Å². The van der Waals surface area contributed by atoms with Crippen LogP contribution in [0, 0.1) is 0 Å². The Morgan fingerprint density at radius 2 is 1.92 bits per heavy atom. The molecule has 1 N–H and O–H groups in total. The molecule has 0 saturated heterocycles. The van der Waals surface area contributed by atoms with Gasteiger partial charge in [-0.2, -0.15) is 13.2 Å². The Morgan fingerprint density at radius 3 is 2.60 bits per heavy atom. The normalized spacial score (nSPS) is 11.2. The van der Waals surface area contributed by atoms with Crippen LogP contribution in [0.4, 0.5) is 13.2 Å². The van der Waals surface area contributed by atoms with Gasteiger partial charge in [-0.1, -0.05) is 18.2 Å². The number of nitrogens with one attached hydrogen (secondary N) is 1. The molecule has 0 aliphatic carbocycles. The summed E-state index contributed by atoms with van der Waals surface area (Å²) in [5.74, 6) is 0.141. The molecule has 8 heteroatoms. The number of para-hydroxylation sites is 1. The number of methoxy groups -OCH3 is 1. The third kappa shape index (κ3) is 4.85. The molecule has 1 amide bonds. The second kappa shape index (κ2) is 7.87. The topological polar surface area (TPSA) is 60.3 Å². The molecule has 1 heterocycles. The second-order valence-corrected chi connectivity index (χ2v) is 5.26. The molecular formula is C17H17F3N2O3. The number of pyridine rings is 1. The minimum atomic E-state index is -4.75. The fourth-order valence-electron chi connectivity index (χ4n) is 2.33. The minimum absolute atomic E-state index is 0.271. The molecule has 0 bridgehead atoms. The number of nitrogens with zero attached hydrogens (tertiary/aromatic N) is 1. The van der Waals surface area contributed by atoms with Gasteiger partial charge in [0.1, 0.15) is 17.9 Å². The number of hydrogen-bond donors (Lipinski definition) is 1. The molecule has 0 radical (unpaired) electrons. The van der Waals surface area contributed by atoms with Crippen molar-refractivity contribution in [2.75, 3.05) is 13.7 Å². The van der Waals surface area contributed by atoms with Gasteiger partial charge in [-0.15, -0.1) is 0 Å². The number of hydrogen-bond acceptors (Lipinski definition) is 3. The summed E-state index contributed by atoms with van der Waals surface area (Å²) in [7, 11) is 1.54. The Labute approximate surface area is 142 Å². The molecular weight excluding hydrogens is 337 g/mol. The molecule has 0 aliphatic rings. The van der Waals surface area contributed by atoms with Gasteiger partial charge in [-0.3, -0.25) is 9.59 Å². The van der Waals surface area contributed by atoms with E-state index in [1.807, 2.05) is 18.2 Å². The van der Waals surface area contributed by atoms with Crippen molar-refractivity contribution in [3.63, 3.8) is 0 Å². The van der Waals surface area contributed by atoms with Crippen LogP contribution in [0.25, 0.3) is 0 Å². The lowest BCUT2D eigenvalue weighted by molar-refractivity contribution is -0.139. The zero-order valence-corrected chi connectivity index (χ0v) is 13.5. The van der Waals surface area contributed by atoms with Gasteiger partial charge in [0.15, 0.2) is 0 Å². The largest absolute Gasteiger partial charge is 0.496 e. The van der Waals surface area contributed by atoms with Crippen molar-refractivity contribution >= 4 is 5.91 Å². The predicted octanol–water partition coefficient (Wildman–Crippen LogP) is 2.23. The highest BCUT2D eigenvalue weighted by Gasteiger charge is 2.34. The number of amides is 1. The highest BCUT2D eigenvalue weighted by molar-refractivity contribution is 5.75. The molecule has 134 valence electrons. The van der Waals surface area contributed by atoms with Crippen LogP contribution in [-0.2, 0) is 23.9 Å². The standard InChI is InChI=1S/C17H17F3N2O3/c1-25-14-7-3-2-5-12(14)8-9-21-15(23)11-22-10-4-6-13(16(22)24)17(18,19)20/h2-7,10H,8-9,11H2,1H3,(H,21,23). The average molecular weight is 354 g/mol. The summed E-state index contributed by atoms with van der Waals surface area (Å²) in [6.45, 7) is -0.207. The molecule has 2 aromatic rings. The predicted molar refractivity (Wildman–Crippen MR) is 85.4 cm³/mol. The summed E-state index contributed by atoms with van der Waals surface area (Å²) in [6.07, 6.45) is -3.11. The first-order valence-corrected chi connectivity index (χ1v) is 7.48. The molecule has 0 fully saturated rings. The zero-order chi connectivity index (χ0) is 18.4. The quantitative estimate of drug-likeness (QED) is 0.866. The summed E-state index contributed by atoms with van der Waals surface area (Å²) in [4.78, 5) is 23.7. The highest BCUT2D eigenvalue weighted by atomic mass is 19.4. The van der Waals surface area contributed by atoms with Crippen molar-refractivity contribution in [3.8, 4) is 5.75 Å². The number of carbonyl (C=O) groups excluding carboxylic acids is 1. The lowest BCUT2D eigenvalue weighted by Crippen LogP contribution is -2.35. The number of halogens is 3. The van der Waals surface area contributed by atoms with Gasteiger partial charge in [0.2, 0.25) is 5.91 Å². The van der Waals surface area contributed by atoms with Gasteiger partial charge in [0, 0.05) is 12.7 Å². The van der Waals surface area contributed by atoms with Crippen LogP contribution in [0.15, 0.2) is 47.4 Å². The Bertz CT molecular complexity index is 800. The lowest BCUT2D eigenvalue weighted by atomic mass is 10.1. The maximum absolute atomic E-state index is 12.7. The number of rotatable bonds is 6. The summed E-state index contributed by atoms with van der Waals surface area (Å²) in [5.41, 5.74) is -1.65. The van der Waals surface area contributed by atoms with Gasteiger partial charge in [-0.25, -0.2) is 0 Å². The third-order valence-electron chi connectivity index (χ3n) is 3.55. The fourth-order valence-corrected chi connectivity index (χ4v) is 2.33. The maximum Gasteiger partial charge on any atom is 0.421 e. The molecule has 2 rings (SSSR count). The summed E-state index contributed by atoms with van der Waals surface area (Å²) < 4.78 is 44.0. The van der Waals surface area contributed by atoms with E-state index in [2.05, 4.69) is 5.32 Å². The van der Waals surface area contributed by atoms with Crippen LogP contribution < -0.4 is 15.6 Å². The van der Waals surface area contributed by atoms with E-state index < -0.39 is 29.8 Å². The van der Waals surface area contributed by atoms with E-state index in [0.29, 0.717) is 18.2 Å². The van der Waals surface area contributed by atoms with Gasteiger partial charge >= 0.3 is 6.18 Å². The first-order valence-electron chi connectivity index (χ1n) is 7.48. The minimum Gasteiger partial charge on any atom is -0.496 e. The van der Waals surface area contributed by atoms with Crippen LogP contribution in [0.1, 0.15) is 11.1 Å². The van der Waals surface area contributed by atoms with E-state index in [-0.39, 0.29) is 6.54 Å². The van der Waals surface area contributed by atoms with E-state index >= 15 is 0 Å².